The van der Waals surface area contributed by atoms with Crippen LogP contribution in [0.4, 0.5) is 5.13 Å². The molecular formula is C19H19N3O4S2. The van der Waals surface area contributed by atoms with Crippen molar-refractivity contribution in [2.45, 2.75) is 18.7 Å². The Bertz CT molecular complexity index is 1060. The van der Waals surface area contributed by atoms with Gasteiger partial charge in [0.25, 0.3) is 0 Å². The van der Waals surface area contributed by atoms with Crippen LogP contribution in [0, 0.1) is 6.92 Å². The number of ether oxygens (including phenoxy) is 1. The highest BCUT2D eigenvalue weighted by Crippen LogP contribution is 2.31. The van der Waals surface area contributed by atoms with E-state index in [1.807, 2.05) is 19.2 Å². The van der Waals surface area contributed by atoms with Gasteiger partial charge in [0.15, 0.2) is 11.5 Å². The first-order valence-electron chi connectivity index (χ1n) is 8.45. The van der Waals surface area contributed by atoms with E-state index in [1.165, 1.54) is 23.5 Å². The third-order valence-electron chi connectivity index (χ3n) is 3.49. The Labute approximate surface area is 167 Å². The molecule has 1 aromatic heterocycles. The fourth-order valence-electron chi connectivity index (χ4n) is 2.26. The van der Waals surface area contributed by atoms with Gasteiger partial charge in [-0.1, -0.05) is 18.2 Å². The zero-order chi connectivity index (χ0) is 20.0. The van der Waals surface area contributed by atoms with E-state index in [0.29, 0.717) is 23.1 Å². The summed E-state index contributed by atoms with van der Waals surface area (Å²) >= 11 is 1.46. The van der Waals surface area contributed by atoms with Gasteiger partial charge in [0.1, 0.15) is 4.90 Å². The molecule has 0 atom stereocenters. The van der Waals surface area contributed by atoms with Crippen LogP contribution in [-0.4, -0.2) is 26.2 Å². The summed E-state index contributed by atoms with van der Waals surface area (Å²) in [5.74, 6) is 0.433. The molecule has 0 bridgehead atoms. The van der Waals surface area contributed by atoms with Crippen molar-refractivity contribution in [3.05, 3.63) is 65.2 Å². The average molecular weight is 418 g/mol. The van der Waals surface area contributed by atoms with Crippen molar-refractivity contribution in [3.8, 4) is 11.5 Å². The Morgan fingerprint density at radius 2 is 1.96 bits per heavy atom. The fourth-order valence-corrected chi connectivity index (χ4v) is 3.86. The molecular weight excluding hydrogens is 398 g/mol. The summed E-state index contributed by atoms with van der Waals surface area (Å²) in [6.45, 7) is 4.07. The number of nitrogens with zero attached hydrogens (tertiary/aromatic N) is 2. The molecule has 0 unspecified atom stereocenters. The number of aryl methyl sites for hydroxylation is 1. The smallest absolute Gasteiger partial charge is 0.339 e. The van der Waals surface area contributed by atoms with E-state index in [1.54, 1.807) is 42.6 Å². The molecule has 2 aromatic carbocycles. The van der Waals surface area contributed by atoms with Crippen molar-refractivity contribution >= 4 is 32.8 Å². The fraction of sp³-hybridized carbons (Fsp3) is 0.158. The first-order chi connectivity index (χ1) is 13.5. The number of rotatable bonds is 8. The van der Waals surface area contributed by atoms with E-state index in [-0.39, 0.29) is 10.6 Å². The monoisotopic (exact) mass is 417 g/mol. The number of nitrogens with one attached hydrogen (secondary N) is 1. The van der Waals surface area contributed by atoms with Gasteiger partial charge in [-0.05, 0) is 49.7 Å². The minimum atomic E-state index is -3.95. The van der Waals surface area contributed by atoms with Crippen LogP contribution in [0.15, 0.2) is 63.9 Å². The zero-order valence-corrected chi connectivity index (χ0v) is 17.0. The standard InChI is InChI=1S/C19H19N3O4S2/c1-3-25-18-11-15(12-20-22-19-21-14(2)13-27-19)9-10-17(18)26-28(23,24)16-7-5-4-6-8-16/h4-13H,3H2,1-2H3,(H,21,22)/b20-12-. The van der Waals surface area contributed by atoms with Gasteiger partial charge in [-0.25, -0.2) is 4.98 Å². The molecule has 0 amide bonds. The summed E-state index contributed by atoms with van der Waals surface area (Å²) in [7, 11) is -3.95. The third kappa shape index (κ3) is 5.08. The maximum Gasteiger partial charge on any atom is 0.339 e. The van der Waals surface area contributed by atoms with Crippen LogP contribution in [0.25, 0.3) is 0 Å². The lowest BCUT2D eigenvalue weighted by Gasteiger charge is -2.12. The molecule has 0 radical (unpaired) electrons. The Morgan fingerprint density at radius 1 is 1.18 bits per heavy atom. The zero-order valence-electron chi connectivity index (χ0n) is 15.3. The predicted molar refractivity (Wildman–Crippen MR) is 110 cm³/mol. The number of hydrogen-bond acceptors (Lipinski definition) is 8. The summed E-state index contributed by atoms with van der Waals surface area (Å²) < 4.78 is 35.7. The van der Waals surface area contributed by atoms with E-state index in [0.717, 1.165) is 5.69 Å². The van der Waals surface area contributed by atoms with Gasteiger partial charge in [0.05, 0.1) is 18.5 Å². The van der Waals surface area contributed by atoms with Gasteiger partial charge < -0.3 is 8.92 Å². The van der Waals surface area contributed by atoms with E-state index < -0.39 is 10.1 Å². The number of aromatic nitrogens is 1. The number of benzene rings is 2. The molecule has 9 heteroatoms. The summed E-state index contributed by atoms with van der Waals surface area (Å²) in [6, 6.07) is 12.9. The molecule has 3 rings (SSSR count). The molecule has 0 fully saturated rings. The molecule has 0 spiro atoms. The van der Waals surface area contributed by atoms with Crippen LogP contribution in [0.3, 0.4) is 0 Å². The lowest BCUT2D eigenvalue weighted by Crippen LogP contribution is -2.10. The highest BCUT2D eigenvalue weighted by molar-refractivity contribution is 7.87. The van der Waals surface area contributed by atoms with E-state index >= 15 is 0 Å². The minimum Gasteiger partial charge on any atom is -0.490 e. The maximum absolute atomic E-state index is 12.5. The molecule has 146 valence electrons. The molecule has 0 aliphatic rings. The molecule has 1 N–H and O–H groups in total. The maximum atomic E-state index is 12.5. The van der Waals surface area contributed by atoms with Gasteiger partial charge in [0, 0.05) is 5.38 Å². The first kappa shape index (κ1) is 19.8. The second-order valence-electron chi connectivity index (χ2n) is 5.65. The number of hydrogen-bond donors (Lipinski definition) is 1. The van der Waals surface area contributed by atoms with Crippen molar-refractivity contribution in [1.29, 1.82) is 0 Å². The molecule has 0 aliphatic heterocycles. The van der Waals surface area contributed by atoms with Gasteiger partial charge >= 0.3 is 10.1 Å². The van der Waals surface area contributed by atoms with Crippen molar-refractivity contribution in [1.82, 2.24) is 4.98 Å². The highest BCUT2D eigenvalue weighted by Gasteiger charge is 2.19. The molecule has 7 nitrogen and oxygen atoms in total. The number of thiazole rings is 1. The second-order valence-corrected chi connectivity index (χ2v) is 8.06. The molecule has 0 saturated carbocycles. The summed E-state index contributed by atoms with van der Waals surface area (Å²) in [5, 5.41) is 6.75. The van der Waals surface area contributed by atoms with Crippen molar-refractivity contribution < 1.29 is 17.3 Å². The SMILES string of the molecule is CCOc1cc(/C=N\Nc2nc(C)cs2)ccc1OS(=O)(=O)c1ccccc1. The second kappa shape index (κ2) is 8.85. The third-order valence-corrected chi connectivity index (χ3v) is 5.61. The Balaban J connectivity index is 1.79. The van der Waals surface area contributed by atoms with Crippen LogP contribution in [0.5, 0.6) is 11.5 Å². The molecule has 0 saturated heterocycles. The van der Waals surface area contributed by atoms with Crippen LogP contribution >= 0.6 is 11.3 Å². The average Bonchev–Trinajstić information content (AvgIpc) is 3.10. The normalized spacial score (nSPS) is 11.5. The van der Waals surface area contributed by atoms with Crippen LogP contribution in [0.2, 0.25) is 0 Å². The van der Waals surface area contributed by atoms with Crippen LogP contribution in [-0.2, 0) is 10.1 Å². The molecule has 1 heterocycles. The quantitative estimate of drug-likeness (QED) is 0.338. The predicted octanol–water partition coefficient (Wildman–Crippen LogP) is 4.06. The largest absolute Gasteiger partial charge is 0.490 e. The van der Waals surface area contributed by atoms with Crippen LogP contribution in [0.1, 0.15) is 18.2 Å². The van der Waals surface area contributed by atoms with Crippen molar-refractivity contribution in [2.75, 3.05) is 12.0 Å². The summed E-state index contributed by atoms with van der Waals surface area (Å²) in [5.41, 5.74) is 4.48. The van der Waals surface area contributed by atoms with Gasteiger partial charge in [0.2, 0.25) is 5.13 Å². The van der Waals surface area contributed by atoms with E-state index in [4.69, 9.17) is 8.92 Å². The van der Waals surface area contributed by atoms with Crippen molar-refractivity contribution in [3.63, 3.8) is 0 Å². The van der Waals surface area contributed by atoms with E-state index in [2.05, 4.69) is 15.5 Å². The summed E-state index contributed by atoms with van der Waals surface area (Å²) in [4.78, 5) is 4.33. The lowest BCUT2D eigenvalue weighted by atomic mass is 10.2. The minimum absolute atomic E-state index is 0.0750. The molecule has 3 aromatic rings. The Kier molecular flexibility index (Phi) is 6.27. The Morgan fingerprint density at radius 3 is 2.64 bits per heavy atom. The van der Waals surface area contributed by atoms with Crippen molar-refractivity contribution in [2.24, 2.45) is 5.10 Å². The van der Waals surface area contributed by atoms with Crippen LogP contribution < -0.4 is 14.3 Å². The molecule has 0 aliphatic carbocycles. The lowest BCUT2D eigenvalue weighted by molar-refractivity contribution is 0.327. The highest BCUT2D eigenvalue weighted by atomic mass is 32.2. The topological polar surface area (TPSA) is 89.9 Å². The molecule has 28 heavy (non-hydrogen) atoms. The first-order valence-corrected chi connectivity index (χ1v) is 10.7. The van der Waals surface area contributed by atoms with E-state index in [9.17, 15) is 8.42 Å². The van der Waals surface area contributed by atoms with Gasteiger partial charge in [-0.15, -0.1) is 11.3 Å². The van der Waals surface area contributed by atoms with Gasteiger partial charge in [-0.2, -0.15) is 13.5 Å². The van der Waals surface area contributed by atoms with Gasteiger partial charge in [-0.3, -0.25) is 5.43 Å². The summed E-state index contributed by atoms with van der Waals surface area (Å²) in [6.07, 6.45) is 1.59. The number of anilines is 1. The Hall–Kier alpha value is -2.91. The number of hydrazone groups is 1.